The lowest BCUT2D eigenvalue weighted by molar-refractivity contribution is 0.209. The van der Waals surface area contributed by atoms with Crippen LogP contribution in [0.1, 0.15) is 63.8 Å². The van der Waals surface area contributed by atoms with E-state index < -0.39 is 0 Å². The fourth-order valence-electron chi connectivity index (χ4n) is 5.09. The van der Waals surface area contributed by atoms with Gasteiger partial charge in [-0.3, -0.25) is 9.80 Å². The topological polar surface area (TPSA) is 56.6 Å². The number of hydrogen-bond donors (Lipinski definition) is 0. The molecule has 4 unspecified atom stereocenters. The van der Waals surface area contributed by atoms with Gasteiger partial charge in [0.05, 0.1) is 50.8 Å². The van der Waals surface area contributed by atoms with Crippen LogP contribution in [-0.4, -0.2) is 86.8 Å². The average Bonchev–Trinajstić information content (AvgIpc) is 3.56. The van der Waals surface area contributed by atoms with Crippen LogP contribution in [0.2, 0.25) is 0 Å². The molecule has 4 saturated heterocycles. The predicted octanol–water partition coefficient (Wildman–Crippen LogP) is 3.48. The van der Waals surface area contributed by atoms with E-state index in [1.165, 1.54) is 22.3 Å². The molecule has 0 radical (unpaired) electrons. The van der Waals surface area contributed by atoms with Crippen molar-refractivity contribution in [1.29, 1.82) is 0 Å². The number of nitrogens with zero attached hydrogens (tertiary/aromatic N) is 2. The van der Waals surface area contributed by atoms with Crippen molar-refractivity contribution in [3.63, 3.8) is 0 Å². The Kier molecular flexibility index (Phi) is 6.86. The minimum atomic E-state index is 0.0785. The van der Waals surface area contributed by atoms with E-state index in [2.05, 4.69) is 63.5 Å². The van der Waals surface area contributed by atoms with Crippen LogP contribution >= 0.6 is 0 Å². The zero-order valence-electron chi connectivity index (χ0n) is 22.1. The first-order chi connectivity index (χ1) is 16.0. The van der Waals surface area contributed by atoms with Gasteiger partial charge in [-0.05, 0) is 33.1 Å². The van der Waals surface area contributed by atoms with Crippen LogP contribution in [-0.2, 0) is 42.9 Å². The SMILES string of the molecule is CC(C)(C)c1cc(C(C)(C)C)c(CN(CC2CO2)CC2CO2)cc1CN(CC1CO1)CC1CO1. The summed E-state index contributed by atoms with van der Waals surface area (Å²) in [6, 6.07) is 5.04. The Balaban J connectivity index is 1.46. The Morgan fingerprint density at radius 3 is 1.12 bits per heavy atom. The quantitative estimate of drug-likeness (QED) is 0.434. The van der Waals surface area contributed by atoms with Crippen molar-refractivity contribution >= 4 is 0 Å². The summed E-state index contributed by atoms with van der Waals surface area (Å²) in [6.45, 7) is 23.5. The van der Waals surface area contributed by atoms with Crippen molar-refractivity contribution in [1.82, 2.24) is 9.80 Å². The van der Waals surface area contributed by atoms with Crippen LogP contribution in [0.4, 0.5) is 0 Å². The lowest BCUT2D eigenvalue weighted by atomic mass is 9.76. The van der Waals surface area contributed by atoms with Gasteiger partial charge in [0, 0.05) is 39.3 Å². The summed E-state index contributed by atoms with van der Waals surface area (Å²) in [5.41, 5.74) is 5.97. The second-order valence-corrected chi connectivity index (χ2v) is 12.9. The fraction of sp³-hybridized carbons (Fsp3) is 0.786. The summed E-state index contributed by atoms with van der Waals surface area (Å²) < 4.78 is 22.4. The zero-order valence-corrected chi connectivity index (χ0v) is 22.1. The lowest BCUT2D eigenvalue weighted by Gasteiger charge is -2.33. The van der Waals surface area contributed by atoms with Gasteiger partial charge in [-0.1, -0.05) is 53.7 Å². The van der Waals surface area contributed by atoms with E-state index in [9.17, 15) is 0 Å². The molecule has 0 saturated carbocycles. The first-order valence-electron chi connectivity index (χ1n) is 13.1. The molecular formula is C28H44N2O4. The van der Waals surface area contributed by atoms with E-state index in [1.54, 1.807) is 0 Å². The van der Waals surface area contributed by atoms with Gasteiger partial charge in [-0.25, -0.2) is 0 Å². The van der Waals surface area contributed by atoms with Gasteiger partial charge in [0.2, 0.25) is 0 Å². The number of ether oxygens (including phenoxy) is 4. The van der Waals surface area contributed by atoms with Crippen molar-refractivity contribution in [3.8, 4) is 0 Å². The Hall–Kier alpha value is -1.02. The van der Waals surface area contributed by atoms with Crippen molar-refractivity contribution in [2.24, 2.45) is 0 Å². The normalized spacial score (nSPS) is 28.0. The first-order valence-corrected chi connectivity index (χ1v) is 13.1. The standard InChI is InChI=1S/C28H44N2O4/c1-27(2,3)25-8-26(28(4,5)6)20(10-30(13-23-17-33-23)14-24-18-34-24)7-19(25)9-29(11-21-15-31-21)12-22-16-32-22/h7-8,21-24H,9-18H2,1-6H3. The summed E-state index contributed by atoms with van der Waals surface area (Å²) in [4.78, 5) is 5.10. The lowest BCUT2D eigenvalue weighted by Crippen LogP contribution is -2.34. The summed E-state index contributed by atoms with van der Waals surface area (Å²) in [5, 5.41) is 0. The summed E-state index contributed by atoms with van der Waals surface area (Å²) in [5.74, 6) is 0. The predicted molar refractivity (Wildman–Crippen MR) is 133 cm³/mol. The molecule has 4 fully saturated rings. The molecule has 4 atom stereocenters. The van der Waals surface area contributed by atoms with E-state index in [4.69, 9.17) is 18.9 Å². The van der Waals surface area contributed by atoms with Gasteiger partial charge in [0.15, 0.2) is 0 Å². The molecule has 190 valence electrons. The molecule has 0 aromatic heterocycles. The fourth-order valence-corrected chi connectivity index (χ4v) is 5.09. The highest BCUT2D eigenvalue weighted by molar-refractivity contribution is 5.45. The molecule has 4 aliphatic heterocycles. The molecule has 4 aliphatic rings. The largest absolute Gasteiger partial charge is 0.372 e. The maximum absolute atomic E-state index is 5.59. The zero-order chi connectivity index (χ0) is 24.1. The van der Waals surface area contributed by atoms with Crippen molar-refractivity contribution in [2.75, 3.05) is 52.6 Å². The molecule has 0 bridgehead atoms. The second kappa shape index (κ2) is 9.45. The van der Waals surface area contributed by atoms with E-state index in [0.29, 0.717) is 24.4 Å². The molecule has 1 aromatic rings. The van der Waals surface area contributed by atoms with Gasteiger partial charge < -0.3 is 18.9 Å². The number of rotatable bonds is 12. The van der Waals surface area contributed by atoms with Crippen LogP contribution in [0.25, 0.3) is 0 Å². The highest BCUT2D eigenvalue weighted by Gasteiger charge is 2.34. The summed E-state index contributed by atoms with van der Waals surface area (Å²) >= 11 is 0. The monoisotopic (exact) mass is 472 g/mol. The average molecular weight is 473 g/mol. The molecule has 5 rings (SSSR count). The number of epoxide rings is 4. The Morgan fingerprint density at radius 1 is 0.588 bits per heavy atom. The van der Waals surface area contributed by atoms with Crippen molar-refractivity contribution < 1.29 is 18.9 Å². The highest BCUT2D eigenvalue weighted by atomic mass is 16.6. The third kappa shape index (κ3) is 7.02. The molecule has 0 spiro atoms. The van der Waals surface area contributed by atoms with Crippen molar-refractivity contribution in [2.45, 2.75) is 89.9 Å². The smallest absolute Gasteiger partial charge is 0.0936 e. The van der Waals surface area contributed by atoms with E-state index >= 15 is 0 Å². The van der Waals surface area contributed by atoms with Crippen molar-refractivity contribution in [3.05, 3.63) is 34.4 Å². The van der Waals surface area contributed by atoms with Crippen LogP contribution < -0.4 is 0 Å². The molecule has 34 heavy (non-hydrogen) atoms. The Morgan fingerprint density at radius 2 is 0.882 bits per heavy atom. The number of hydrogen-bond acceptors (Lipinski definition) is 6. The van der Waals surface area contributed by atoms with Gasteiger partial charge in [0.1, 0.15) is 0 Å². The van der Waals surface area contributed by atoms with Gasteiger partial charge >= 0.3 is 0 Å². The maximum atomic E-state index is 5.59. The first kappa shape index (κ1) is 24.7. The van der Waals surface area contributed by atoms with Crippen LogP contribution in [0.15, 0.2) is 12.1 Å². The molecule has 1 aromatic carbocycles. The number of benzene rings is 1. The Bertz CT molecular complexity index is 763. The minimum Gasteiger partial charge on any atom is -0.372 e. The van der Waals surface area contributed by atoms with E-state index in [1.807, 2.05) is 0 Å². The van der Waals surface area contributed by atoms with E-state index in [-0.39, 0.29) is 10.8 Å². The van der Waals surface area contributed by atoms with Crippen LogP contribution in [0.3, 0.4) is 0 Å². The Labute approximate surface area is 205 Å². The molecule has 0 N–H and O–H groups in total. The molecule has 0 amide bonds. The maximum Gasteiger partial charge on any atom is 0.0936 e. The van der Waals surface area contributed by atoms with E-state index in [0.717, 1.165) is 65.7 Å². The highest BCUT2D eigenvalue weighted by Crippen LogP contribution is 2.36. The third-order valence-corrected chi connectivity index (χ3v) is 7.19. The second-order valence-electron chi connectivity index (χ2n) is 12.9. The third-order valence-electron chi connectivity index (χ3n) is 7.19. The van der Waals surface area contributed by atoms with Gasteiger partial charge in [-0.2, -0.15) is 0 Å². The minimum absolute atomic E-state index is 0.0785. The van der Waals surface area contributed by atoms with Crippen LogP contribution in [0.5, 0.6) is 0 Å². The summed E-state index contributed by atoms with van der Waals surface area (Å²) in [7, 11) is 0. The van der Waals surface area contributed by atoms with Gasteiger partial charge in [-0.15, -0.1) is 0 Å². The molecule has 6 heteroatoms. The molecule has 0 aliphatic carbocycles. The molecular weight excluding hydrogens is 428 g/mol. The molecule has 6 nitrogen and oxygen atoms in total. The van der Waals surface area contributed by atoms with Crippen LogP contribution in [0, 0.1) is 0 Å². The van der Waals surface area contributed by atoms with Gasteiger partial charge in [0.25, 0.3) is 0 Å². The molecule has 4 heterocycles. The summed E-state index contributed by atoms with van der Waals surface area (Å²) in [6.07, 6.45) is 1.55.